The van der Waals surface area contributed by atoms with E-state index in [0.717, 1.165) is 60.9 Å². The molecule has 0 spiro atoms. The third-order valence-corrected chi connectivity index (χ3v) is 8.05. The molecule has 40 heavy (non-hydrogen) atoms. The van der Waals surface area contributed by atoms with Gasteiger partial charge in [0.2, 0.25) is 0 Å². The highest BCUT2D eigenvalue weighted by Crippen LogP contribution is 2.32. The number of phenolic OH excluding ortho intramolecular Hbond substituents is 1. The van der Waals surface area contributed by atoms with Crippen LogP contribution < -0.4 is 10.6 Å². The van der Waals surface area contributed by atoms with Crippen molar-refractivity contribution in [1.82, 2.24) is 5.32 Å². The SMILES string of the molecule is CN=C/C(Br)=C1\CC(NCC2CCCCC(C(=O)c3ccccc3NC(=O)O)CC2)=CC(c2ccccc2O)=N1. The van der Waals surface area contributed by atoms with E-state index in [1.807, 2.05) is 18.2 Å². The summed E-state index contributed by atoms with van der Waals surface area (Å²) in [4.78, 5) is 33.5. The number of carbonyl (C=O) groups excluding carboxylic acids is 1. The Morgan fingerprint density at radius 1 is 1.07 bits per heavy atom. The number of benzene rings is 2. The van der Waals surface area contributed by atoms with Crippen LogP contribution in [0.3, 0.4) is 0 Å². The van der Waals surface area contributed by atoms with Crippen molar-refractivity contribution in [2.75, 3.05) is 18.9 Å². The van der Waals surface area contributed by atoms with Gasteiger partial charge in [-0.3, -0.25) is 20.1 Å². The van der Waals surface area contributed by atoms with E-state index in [2.05, 4.69) is 31.6 Å². The number of rotatable bonds is 8. The van der Waals surface area contributed by atoms with E-state index in [0.29, 0.717) is 34.9 Å². The number of ketones is 1. The van der Waals surface area contributed by atoms with Gasteiger partial charge in [-0.25, -0.2) is 4.79 Å². The van der Waals surface area contributed by atoms with E-state index >= 15 is 0 Å². The molecule has 4 rings (SSSR count). The molecule has 2 aromatic rings. The number of hydrogen-bond donors (Lipinski definition) is 4. The number of allylic oxidation sites excluding steroid dienone is 2. The second-order valence-corrected chi connectivity index (χ2v) is 11.0. The Morgan fingerprint density at radius 2 is 1.82 bits per heavy atom. The van der Waals surface area contributed by atoms with Crippen LogP contribution in [-0.4, -0.2) is 47.6 Å². The van der Waals surface area contributed by atoms with Crippen LogP contribution in [0.25, 0.3) is 0 Å². The van der Waals surface area contributed by atoms with Gasteiger partial charge in [0.15, 0.2) is 5.78 Å². The number of dihydropyridines is 1. The number of amides is 1. The number of halogens is 1. The minimum absolute atomic E-state index is 0.00804. The standard InChI is InChI=1S/C31H35BrN4O4/c1-33-19-25(32)28-17-22(16-27(35-28)23-10-5-7-13-29(23)37)34-18-20-8-2-3-9-21(15-14-20)30(38)24-11-4-6-12-26(24)36-31(39)40/h4-7,10-13,16,19-21,34,36-37H,2-3,8-9,14-15,17-18H2,1H3,(H,39,40)/b28-25-,33-19?. The van der Waals surface area contributed by atoms with Gasteiger partial charge in [-0.05, 0) is 77.9 Å². The molecule has 1 heterocycles. The molecule has 210 valence electrons. The number of nitrogens with one attached hydrogen (secondary N) is 2. The van der Waals surface area contributed by atoms with Crippen molar-refractivity contribution >= 4 is 45.4 Å². The van der Waals surface area contributed by atoms with Gasteiger partial charge in [0.05, 0.1) is 21.6 Å². The van der Waals surface area contributed by atoms with Gasteiger partial charge in [0.25, 0.3) is 0 Å². The fourth-order valence-corrected chi connectivity index (χ4v) is 5.75. The summed E-state index contributed by atoms with van der Waals surface area (Å²) in [6, 6.07) is 14.0. The van der Waals surface area contributed by atoms with Gasteiger partial charge in [0, 0.05) is 49.0 Å². The summed E-state index contributed by atoms with van der Waals surface area (Å²) < 4.78 is 0.792. The molecule has 1 aliphatic heterocycles. The Hall–Kier alpha value is -3.72. The number of phenols is 1. The van der Waals surface area contributed by atoms with Crippen LogP contribution in [0.2, 0.25) is 0 Å². The molecule has 1 fully saturated rings. The molecule has 1 aliphatic carbocycles. The minimum atomic E-state index is -1.18. The van der Waals surface area contributed by atoms with E-state index in [1.165, 1.54) is 0 Å². The van der Waals surface area contributed by atoms with E-state index in [4.69, 9.17) is 10.1 Å². The molecule has 9 heteroatoms. The first-order valence-corrected chi connectivity index (χ1v) is 14.4. The van der Waals surface area contributed by atoms with Gasteiger partial charge in [-0.2, -0.15) is 0 Å². The Kier molecular flexibility index (Phi) is 10.3. The van der Waals surface area contributed by atoms with E-state index in [-0.39, 0.29) is 17.5 Å². The molecule has 2 unspecified atom stereocenters. The molecule has 2 aliphatic rings. The van der Waals surface area contributed by atoms with E-state index in [1.54, 1.807) is 49.7 Å². The maximum Gasteiger partial charge on any atom is 0.409 e. The molecule has 8 nitrogen and oxygen atoms in total. The van der Waals surface area contributed by atoms with Crippen LogP contribution in [0, 0.1) is 11.8 Å². The van der Waals surface area contributed by atoms with E-state index < -0.39 is 6.09 Å². The molecule has 1 saturated carbocycles. The number of carbonyl (C=O) groups is 2. The maximum absolute atomic E-state index is 13.4. The fraction of sp³-hybridized carbons (Fsp3) is 0.355. The summed E-state index contributed by atoms with van der Waals surface area (Å²) in [7, 11) is 1.71. The normalized spacial score (nSPS) is 21.1. The average Bonchev–Trinajstić information content (AvgIpc) is 2.92. The summed E-state index contributed by atoms with van der Waals surface area (Å²) >= 11 is 3.59. The van der Waals surface area contributed by atoms with Crippen molar-refractivity contribution in [2.45, 2.75) is 44.9 Å². The number of para-hydroxylation sites is 2. The highest BCUT2D eigenvalue weighted by Gasteiger charge is 2.26. The summed E-state index contributed by atoms with van der Waals surface area (Å²) in [6.07, 6.45) is 8.70. The number of hydrogen-bond acceptors (Lipinski definition) is 6. The van der Waals surface area contributed by atoms with Crippen LogP contribution in [-0.2, 0) is 0 Å². The molecular weight excluding hydrogens is 572 g/mol. The predicted octanol–water partition coefficient (Wildman–Crippen LogP) is 6.93. The Labute approximate surface area is 243 Å². The van der Waals surface area contributed by atoms with Crippen molar-refractivity contribution in [3.63, 3.8) is 0 Å². The first-order valence-electron chi connectivity index (χ1n) is 13.6. The predicted molar refractivity (Wildman–Crippen MR) is 163 cm³/mol. The fourth-order valence-electron chi connectivity index (χ4n) is 5.31. The summed E-state index contributed by atoms with van der Waals surface area (Å²) in [5, 5.41) is 25.6. The number of anilines is 1. The van der Waals surface area contributed by atoms with Crippen molar-refractivity contribution in [3.8, 4) is 5.75 Å². The smallest absolute Gasteiger partial charge is 0.409 e. The number of carboxylic acid groups (broad SMARTS) is 1. The maximum atomic E-state index is 13.4. The van der Waals surface area contributed by atoms with Crippen molar-refractivity contribution in [3.05, 3.63) is 81.6 Å². The zero-order valence-corrected chi connectivity index (χ0v) is 24.2. The molecule has 0 saturated heterocycles. The number of aromatic hydroxyl groups is 1. The lowest BCUT2D eigenvalue weighted by atomic mass is 9.81. The first kappa shape index (κ1) is 29.3. The zero-order valence-electron chi connectivity index (χ0n) is 22.6. The second-order valence-electron chi connectivity index (χ2n) is 10.2. The van der Waals surface area contributed by atoms with Gasteiger partial charge in [-0.15, -0.1) is 0 Å². The van der Waals surface area contributed by atoms with Crippen molar-refractivity contribution in [2.24, 2.45) is 21.8 Å². The summed E-state index contributed by atoms with van der Waals surface area (Å²) in [5.74, 6) is 0.444. The van der Waals surface area contributed by atoms with Crippen LogP contribution >= 0.6 is 15.9 Å². The number of Topliss-reactive ketones (excluding diaryl/α,β-unsaturated/α-hetero) is 1. The van der Waals surface area contributed by atoms with Gasteiger partial charge in [-0.1, -0.05) is 37.1 Å². The van der Waals surface area contributed by atoms with Crippen LogP contribution in [0.4, 0.5) is 10.5 Å². The summed E-state index contributed by atoms with van der Waals surface area (Å²) in [6.45, 7) is 0.769. The average molecular weight is 608 g/mol. The lowest BCUT2D eigenvalue weighted by Crippen LogP contribution is -2.27. The molecule has 1 amide bonds. The molecule has 0 aromatic heterocycles. The topological polar surface area (TPSA) is 123 Å². The van der Waals surface area contributed by atoms with Crippen molar-refractivity contribution in [1.29, 1.82) is 0 Å². The first-order chi connectivity index (χ1) is 19.4. The Bertz CT molecular complexity index is 1360. The lowest BCUT2D eigenvalue weighted by Gasteiger charge is -2.26. The molecule has 2 atom stereocenters. The van der Waals surface area contributed by atoms with E-state index in [9.17, 15) is 14.7 Å². The number of nitrogens with zero attached hydrogens (tertiary/aromatic N) is 2. The third-order valence-electron chi connectivity index (χ3n) is 7.38. The Morgan fingerprint density at radius 3 is 2.60 bits per heavy atom. The summed E-state index contributed by atoms with van der Waals surface area (Å²) in [5.41, 5.74) is 3.96. The van der Waals surface area contributed by atoms with Gasteiger partial charge < -0.3 is 15.5 Å². The van der Waals surface area contributed by atoms with Crippen LogP contribution in [0.15, 0.2) is 80.5 Å². The minimum Gasteiger partial charge on any atom is -0.507 e. The van der Waals surface area contributed by atoms with Gasteiger partial charge >= 0.3 is 6.09 Å². The third kappa shape index (κ3) is 7.69. The number of aliphatic imine (C=N–C) groups is 2. The highest BCUT2D eigenvalue weighted by atomic mass is 79.9. The molecule has 0 radical (unpaired) electrons. The quantitative estimate of drug-likeness (QED) is 0.192. The molecule has 4 N–H and O–H groups in total. The molecular formula is C31H35BrN4O4. The highest BCUT2D eigenvalue weighted by molar-refractivity contribution is 9.12. The lowest BCUT2D eigenvalue weighted by molar-refractivity contribution is 0.0892. The van der Waals surface area contributed by atoms with Crippen LogP contribution in [0.1, 0.15) is 60.9 Å². The zero-order chi connectivity index (χ0) is 28.5. The monoisotopic (exact) mass is 606 g/mol. The van der Waals surface area contributed by atoms with Gasteiger partial charge in [0.1, 0.15) is 5.75 Å². The molecule has 2 aromatic carbocycles. The largest absolute Gasteiger partial charge is 0.507 e. The van der Waals surface area contributed by atoms with Crippen LogP contribution in [0.5, 0.6) is 5.75 Å². The van der Waals surface area contributed by atoms with Crippen molar-refractivity contribution < 1.29 is 19.8 Å². The second kappa shape index (κ2) is 14.1. The Balaban J connectivity index is 1.45. The molecule has 0 bridgehead atoms.